The first-order valence-corrected chi connectivity index (χ1v) is 10.4. The van der Waals surface area contributed by atoms with E-state index in [4.69, 9.17) is 14.6 Å². The summed E-state index contributed by atoms with van der Waals surface area (Å²) in [5.74, 6) is 0.798. The highest BCUT2D eigenvalue weighted by Gasteiger charge is 2.20. The number of para-hydroxylation sites is 1. The largest absolute Gasteiger partial charge is 0.497 e. The molecule has 0 saturated carbocycles. The van der Waals surface area contributed by atoms with E-state index in [1.165, 1.54) is 13.2 Å². The minimum atomic E-state index is -0.332. The van der Waals surface area contributed by atoms with Gasteiger partial charge in [0.15, 0.2) is 0 Å². The summed E-state index contributed by atoms with van der Waals surface area (Å²) >= 11 is 0. The van der Waals surface area contributed by atoms with Crippen LogP contribution in [0.25, 0.3) is 16.9 Å². The van der Waals surface area contributed by atoms with Crippen LogP contribution in [-0.2, 0) is 11.3 Å². The average Bonchev–Trinajstić information content (AvgIpc) is 3.18. The summed E-state index contributed by atoms with van der Waals surface area (Å²) in [4.78, 5) is 2.30. The molecule has 0 bridgehead atoms. The first kappa shape index (κ1) is 20.6. The quantitative estimate of drug-likeness (QED) is 0.574. The minimum absolute atomic E-state index is 0.332. The van der Waals surface area contributed by atoms with Gasteiger partial charge in [-0.3, -0.25) is 0 Å². The Kier molecular flexibility index (Phi) is 6.45. The molecule has 0 atom stereocenters. The van der Waals surface area contributed by atoms with Gasteiger partial charge < -0.3 is 14.4 Å². The monoisotopic (exact) mass is 409 g/mol. The van der Waals surface area contributed by atoms with E-state index in [2.05, 4.69) is 11.9 Å². The number of halogens is 1. The lowest BCUT2D eigenvalue weighted by molar-refractivity contribution is 0.0550. The summed E-state index contributed by atoms with van der Waals surface area (Å²) in [7, 11) is 3.65. The number of aromatic nitrogens is 2. The molecule has 0 unspecified atom stereocenters. The van der Waals surface area contributed by atoms with Gasteiger partial charge in [0.1, 0.15) is 17.3 Å². The van der Waals surface area contributed by atoms with Gasteiger partial charge >= 0.3 is 0 Å². The van der Waals surface area contributed by atoms with Crippen molar-refractivity contribution in [3.63, 3.8) is 0 Å². The van der Waals surface area contributed by atoms with E-state index < -0.39 is 0 Å². The number of nitrogens with zero attached hydrogens (tertiary/aromatic N) is 3. The molecule has 0 aliphatic carbocycles. The number of hydrogen-bond acceptors (Lipinski definition) is 4. The van der Waals surface area contributed by atoms with Crippen LogP contribution in [0.15, 0.2) is 54.7 Å². The van der Waals surface area contributed by atoms with Gasteiger partial charge in [-0.2, -0.15) is 5.10 Å². The van der Waals surface area contributed by atoms with Crippen molar-refractivity contribution in [2.24, 2.45) is 5.92 Å². The molecule has 0 amide bonds. The maximum atomic E-state index is 14.9. The average molecular weight is 410 g/mol. The zero-order valence-corrected chi connectivity index (χ0v) is 17.6. The highest BCUT2D eigenvalue weighted by molar-refractivity contribution is 5.65. The maximum absolute atomic E-state index is 14.9. The van der Waals surface area contributed by atoms with Crippen LogP contribution in [0.2, 0.25) is 0 Å². The maximum Gasteiger partial charge on any atom is 0.136 e. The summed E-state index contributed by atoms with van der Waals surface area (Å²) in [6.45, 7) is 3.37. The molecular weight excluding hydrogens is 381 g/mol. The Morgan fingerprint density at radius 1 is 1.17 bits per heavy atom. The van der Waals surface area contributed by atoms with Crippen molar-refractivity contribution in [1.29, 1.82) is 0 Å². The van der Waals surface area contributed by atoms with Crippen LogP contribution in [0.5, 0.6) is 5.75 Å². The molecular formula is C24H28FN3O2. The highest BCUT2D eigenvalue weighted by atomic mass is 19.1. The van der Waals surface area contributed by atoms with E-state index in [1.54, 1.807) is 12.1 Å². The normalized spacial score (nSPS) is 14.9. The molecule has 1 aliphatic heterocycles. The molecule has 0 N–H and O–H groups in total. The van der Waals surface area contributed by atoms with Crippen molar-refractivity contribution < 1.29 is 13.9 Å². The Labute approximate surface area is 177 Å². The molecule has 0 spiro atoms. The SMILES string of the molecule is COc1ccc(-c2nn(-c3ccccc3)cc2CN(C)CC2CCOCC2)c(F)c1. The fraction of sp³-hybridized carbons (Fsp3) is 0.375. The fourth-order valence-electron chi connectivity index (χ4n) is 4.01. The van der Waals surface area contributed by atoms with E-state index in [9.17, 15) is 4.39 Å². The second kappa shape index (κ2) is 9.41. The Hall–Kier alpha value is -2.70. The van der Waals surface area contributed by atoms with Crippen molar-refractivity contribution in [3.8, 4) is 22.7 Å². The van der Waals surface area contributed by atoms with Gasteiger partial charge in [0, 0.05) is 49.7 Å². The molecule has 6 heteroatoms. The zero-order chi connectivity index (χ0) is 20.9. The molecule has 1 saturated heterocycles. The lowest BCUT2D eigenvalue weighted by Crippen LogP contribution is -2.29. The van der Waals surface area contributed by atoms with Gasteiger partial charge in [0.25, 0.3) is 0 Å². The lowest BCUT2D eigenvalue weighted by atomic mass is 9.99. The molecule has 158 valence electrons. The molecule has 2 aromatic carbocycles. The Balaban J connectivity index is 1.64. The van der Waals surface area contributed by atoms with Crippen molar-refractivity contribution in [1.82, 2.24) is 14.7 Å². The van der Waals surface area contributed by atoms with Crippen molar-refractivity contribution in [2.45, 2.75) is 19.4 Å². The van der Waals surface area contributed by atoms with Crippen LogP contribution in [0, 0.1) is 11.7 Å². The van der Waals surface area contributed by atoms with E-state index in [0.717, 1.165) is 43.9 Å². The molecule has 0 radical (unpaired) electrons. The van der Waals surface area contributed by atoms with Crippen LogP contribution in [0.3, 0.4) is 0 Å². The van der Waals surface area contributed by atoms with Crippen LogP contribution in [-0.4, -0.2) is 48.6 Å². The van der Waals surface area contributed by atoms with E-state index in [-0.39, 0.29) is 5.82 Å². The van der Waals surface area contributed by atoms with Gasteiger partial charge in [-0.15, -0.1) is 0 Å². The number of hydrogen-bond donors (Lipinski definition) is 0. The molecule has 2 heterocycles. The highest BCUT2D eigenvalue weighted by Crippen LogP contribution is 2.30. The summed E-state index contributed by atoms with van der Waals surface area (Å²) in [5.41, 5.74) is 3.10. The van der Waals surface area contributed by atoms with E-state index >= 15 is 0 Å². The molecule has 30 heavy (non-hydrogen) atoms. The topological polar surface area (TPSA) is 39.5 Å². The Morgan fingerprint density at radius 3 is 2.63 bits per heavy atom. The number of rotatable bonds is 7. The molecule has 4 rings (SSSR count). The van der Waals surface area contributed by atoms with Crippen LogP contribution < -0.4 is 4.74 Å². The van der Waals surface area contributed by atoms with Crippen molar-refractivity contribution in [3.05, 3.63) is 66.1 Å². The van der Waals surface area contributed by atoms with Gasteiger partial charge in [0.05, 0.1) is 12.8 Å². The van der Waals surface area contributed by atoms with Crippen molar-refractivity contribution >= 4 is 0 Å². The summed E-state index contributed by atoms with van der Waals surface area (Å²) in [6, 6.07) is 14.8. The third-order valence-corrected chi connectivity index (χ3v) is 5.59. The van der Waals surface area contributed by atoms with Gasteiger partial charge in [0.2, 0.25) is 0 Å². The standard InChI is InChI=1S/C24H28FN3O2/c1-27(15-18-10-12-30-13-11-18)16-19-17-28(20-6-4-3-5-7-20)26-24(19)22-9-8-21(29-2)14-23(22)25/h3-9,14,17-18H,10-13,15-16H2,1-2H3. The Morgan fingerprint density at radius 2 is 1.93 bits per heavy atom. The van der Waals surface area contributed by atoms with E-state index in [0.29, 0.717) is 29.5 Å². The fourth-order valence-corrected chi connectivity index (χ4v) is 4.01. The lowest BCUT2D eigenvalue weighted by Gasteiger charge is -2.27. The second-order valence-corrected chi connectivity index (χ2v) is 7.88. The smallest absolute Gasteiger partial charge is 0.136 e. The second-order valence-electron chi connectivity index (χ2n) is 7.88. The summed E-state index contributed by atoms with van der Waals surface area (Å²) in [6.07, 6.45) is 4.19. The van der Waals surface area contributed by atoms with E-state index in [1.807, 2.05) is 41.2 Å². The summed E-state index contributed by atoms with van der Waals surface area (Å²) in [5, 5.41) is 4.76. The molecule has 1 fully saturated rings. The van der Waals surface area contributed by atoms with Crippen LogP contribution in [0.1, 0.15) is 18.4 Å². The summed E-state index contributed by atoms with van der Waals surface area (Å²) < 4.78 is 27.3. The van der Waals surface area contributed by atoms with Gasteiger partial charge in [-0.1, -0.05) is 18.2 Å². The third-order valence-electron chi connectivity index (χ3n) is 5.59. The predicted molar refractivity (Wildman–Crippen MR) is 115 cm³/mol. The third kappa shape index (κ3) is 4.71. The number of benzene rings is 2. The molecule has 1 aliphatic rings. The predicted octanol–water partition coefficient (Wildman–Crippen LogP) is 4.55. The number of methoxy groups -OCH3 is 1. The van der Waals surface area contributed by atoms with Crippen LogP contribution >= 0.6 is 0 Å². The van der Waals surface area contributed by atoms with Crippen molar-refractivity contribution in [2.75, 3.05) is 33.9 Å². The first-order chi connectivity index (χ1) is 14.6. The van der Waals surface area contributed by atoms with Gasteiger partial charge in [-0.25, -0.2) is 9.07 Å². The molecule has 3 aromatic rings. The molecule has 1 aromatic heterocycles. The van der Waals surface area contributed by atoms with Crippen LogP contribution in [0.4, 0.5) is 4.39 Å². The zero-order valence-electron chi connectivity index (χ0n) is 17.6. The minimum Gasteiger partial charge on any atom is -0.497 e. The Bertz CT molecular complexity index is 968. The number of ether oxygens (including phenoxy) is 2. The van der Waals surface area contributed by atoms with Gasteiger partial charge in [-0.05, 0) is 50.1 Å². The first-order valence-electron chi connectivity index (χ1n) is 10.4. The molecule has 5 nitrogen and oxygen atoms in total.